The van der Waals surface area contributed by atoms with E-state index in [4.69, 9.17) is 16.2 Å². The highest BCUT2D eigenvalue weighted by Gasteiger charge is 2.36. The molecule has 39 heavy (non-hydrogen) atoms. The maximum absolute atomic E-state index is 14.1. The van der Waals surface area contributed by atoms with E-state index in [9.17, 15) is 19.2 Å². The highest BCUT2D eigenvalue weighted by Crippen LogP contribution is 2.34. The molecule has 0 aliphatic carbocycles. The Morgan fingerprint density at radius 3 is 2.21 bits per heavy atom. The van der Waals surface area contributed by atoms with Gasteiger partial charge in [-0.1, -0.05) is 18.2 Å². The van der Waals surface area contributed by atoms with Crippen LogP contribution in [0.1, 0.15) is 49.8 Å². The second-order valence-electron chi connectivity index (χ2n) is 8.99. The molecule has 0 aliphatic rings. The van der Waals surface area contributed by atoms with Crippen LogP contribution >= 0.6 is 11.5 Å². The zero-order valence-corrected chi connectivity index (χ0v) is 23.3. The number of esters is 1. The van der Waals surface area contributed by atoms with Crippen LogP contribution in [-0.2, 0) is 14.3 Å². The predicted octanol–water partition coefficient (Wildman–Crippen LogP) is 2.57. The SMILES string of the molecule is CCOC(=O)CNC(=O)[C@H](c1ccc(N(C)C)cc1)N(C(=O)c1snc(C(N)=O)c1N)c1ccc(C)c(C)c1. The van der Waals surface area contributed by atoms with Gasteiger partial charge in [0.05, 0.1) is 12.3 Å². The molecule has 1 aromatic heterocycles. The molecule has 0 saturated carbocycles. The number of aryl methyl sites for hydroxylation is 2. The second-order valence-corrected chi connectivity index (χ2v) is 9.77. The number of carbonyl (C=O) groups excluding carboxylic acids is 4. The van der Waals surface area contributed by atoms with E-state index in [-0.39, 0.29) is 29.4 Å². The number of carbonyl (C=O) groups is 4. The molecule has 206 valence electrons. The molecule has 1 heterocycles. The first-order valence-corrected chi connectivity index (χ1v) is 12.9. The van der Waals surface area contributed by atoms with Crippen molar-refractivity contribution in [2.75, 3.05) is 42.8 Å². The van der Waals surface area contributed by atoms with Crippen LogP contribution in [-0.4, -0.2) is 55.3 Å². The zero-order valence-electron chi connectivity index (χ0n) is 22.5. The molecule has 0 aliphatic heterocycles. The normalized spacial score (nSPS) is 11.4. The number of hydrogen-bond donors (Lipinski definition) is 3. The van der Waals surface area contributed by atoms with Gasteiger partial charge in [0.15, 0.2) is 5.69 Å². The Bertz CT molecular complexity index is 1390. The van der Waals surface area contributed by atoms with Gasteiger partial charge in [-0.3, -0.25) is 24.1 Å². The molecule has 0 saturated heterocycles. The van der Waals surface area contributed by atoms with E-state index in [1.807, 2.05) is 51.0 Å². The quantitative estimate of drug-likeness (QED) is 0.323. The highest BCUT2D eigenvalue weighted by atomic mass is 32.1. The standard InChI is InChI=1S/C27H32N6O5S/c1-6-38-20(34)14-30-26(36)23(17-8-11-18(12-9-17)32(4)5)33(19-10-7-15(2)16(3)13-19)27(37)24-21(28)22(25(29)35)31-39-24/h7-13,23H,6,14,28H2,1-5H3,(H2,29,35)(H,30,36)/t23-/m0/s1. The Morgan fingerprint density at radius 1 is 1.03 bits per heavy atom. The number of nitrogens with two attached hydrogens (primary N) is 2. The average molecular weight is 553 g/mol. The number of nitrogen functional groups attached to an aromatic ring is 1. The van der Waals surface area contributed by atoms with Crippen molar-refractivity contribution in [2.45, 2.75) is 26.8 Å². The van der Waals surface area contributed by atoms with E-state index in [0.717, 1.165) is 28.3 Å². The van der Waals surface area contributed by atoms with Crippen molar-refractivity contribution < 1.29 is 23.9 Å². The minimum atomic E-state index is -1.22. The minimum Gasteiger partial charge on any atom is -0.465 e. The number of nitrogens with zero attached hydrogens (tertiary/aromatic N) is 3. The van der Waals surface area contributed by atoms with E-state index < -0.39 is 29.7 Å². The summed E-state index contributed by atoms with van der Waals surface area (Å²) in [6.45, 7) is 5.24. The summed E-state index contributed by atoms with van der Waals surface area (Å²) in [5.41, 5.74) is 14.7. The third kappa shape index (κ3) is 6.52. The Labute approximate surface area is 230 Å². The number of hydrogen-bond acceptors (Lipinski definition) is 9. The smallest absolute Gasteiger partial charge is 0.325 e. The molecule has 2 aromatic carbocycles. The second kappa shape index (κ2) is 12.4. The molecular weight excluding hydrogens is 520 g/mol. The Balaban J connectivity index is 2.20. The van der Waals surface area contributed by atoms with E-state index in [0.29, 0.717) is 11.3 Å². The lowest BCUT2D eigenvalue weighted by atomic mass is 10.0. The first kappa shape index (κ1) is 29.1. The largest absolute Gasteiger partial charge is 0.465 e. The van der Waals surface area contributed by atoms with Gasteiger partial charge >= 0.3 is 5.97 Å². The van der Waals surface area contributed by atoms with Gasteiger partial charge in [0.1, 0.15) is 17.5 Å². The molecule has 11 nitrogen and oxygen atoms in total. The Morgan fingerprint density at radius 2 is 1.67 bits per heavy atom. The third-order valence-corrected chi connectivity index (χ3v) is 6.94. The van der Waals surface area contributed by atoms with Gasteiger partial charge in [0.2, 0.25) is 5.91 Å². The summed E-state index contributed by atoms with van der Waals surface area (Å²) in [7, 11) is 3.76. The van der Waals surface area contributed by atoms with Gasteiger partial charge in [-0.2, -0.15) is 4.37 Å². The van der Waals surface area contributed by atoms with Crippen LogP contribution in [0.15, 0.2) is 42.5 Å². The van der Waals surface area contributed by atoms with Crippen molar-refractivity contribution in [3.8, 4) is 0 Å². The maximum atomic E-state index is 14.1. The molecule has 3 amide bonds. The van der Waals surface area contributed by atoms with Crippen molar-refractivity contribution in [1.29, 1.82) is 0 Å². The zero-order chi connectivity index (χ0) is 28.9. The number of nitrogens with one attached hydrogen (secondary N) is 1. The highest BCUT2D eigenvalue weighted by molar-refractivity contribution is 7.09. The summed E-state index contributed by atoms with van der Waals surface area (Å²) >= 11 is 0.719. The summed E-state index contributed by atoms with van der Waals surface area (Å²) in [4.78, 5) is 54.8. The number of benzene rings is 2. The molecule has 3 rings (SSSR count). The fourth-order valence-electron chi connectivity index (χ4n) is 3.84. The molecule has 0 radical (unpaired) electrons. The van der Waals surface area contributed by atoms with Gasteiger partial charge in [-0.15, -0.1) is 0 Å². The first-order valence-electron chi connectivity index (χ1n) is 12.1. The Hall–Kier alpha value is -4.45. The molecule has 1 atom stereocenters. The van der Waals surface area contributed by atoms with E-state index in [2.05, 4.69) is 9.69 Å². The number of primary amides is 1. The molecule has 0 bridgehead atoms. The van der Waals surface area contributed by atoms with Crippen molar-refractivity contribution in [3.05, 3.63) is 69.7 Å². The van der Waals surface area contributed by atoms with E-state index >= 15 is 0 Å². The van der Waals surface area contributed by atoms with Crippen molar-refractivity contribution in [1.82, 2.24) is 9.69 Å². The number of anilines is 3. The maximum Gasteiger partial charge on any atom is 0.325 e. The molecule has 12 heteroatoms. The summed E-state index contributed by atoms with van der Waals surface area (Å²) in [5.74, 6) is -2.77. The molecule has 0 spiro atoms. The molecule has 3 aromatic rings. The number of rotatable bonds is 10. The van der Waals surface area contributed by atoms with Gasteiger partial charge in [0, 0.05) is 25.5 Å². The van der Waals surface area contributed by atoms with Crippen molar-refractivity contribution in [3.63, 3.8) is 0 Å². The van der Waals surface area contributed by atoms with Crippen LogP contribution in [0.4, 0.5) is 17.1 Å². The number of amides is 3. The predicted molar refractivity (Wildman–Crippen MR) is 151 cm³/mol. The van der Waals surface area contributed by atoms with Crippen LogP contribution in [0.25, 0.3) is 0 Å². The third-order valence-electron chi connectivity index (χ3n) is 6.09. The fraction of sp³-hybridized carbons (Fsp3) is 0.296. The average Bonchev–Trinajstić information content (AvgIpc) is 3.29. The molecular formula is C27H32N6O5S. The molecule has 0 unspecified atom stereocenters. The summed E-state index contributed by atoms with van der Waals surface area (Å²) in [5, 5.41) is 2.59. The number of aromatic nitrogens is 1. The summed E-state index contributed by atoms with van der Waals surface area (Å²) in [6, 6.07) is 11.2. The van der Waals surface area contributed by atoms with Crippen LogP contribution in [0.2, 0.25) is 0 Å². The van der Waals surface area contributed by atoms with Gasteiger partial charge in [0.25, 0.3) is 11.8 Å². The van der Waals surface area contributed by atoms with E-state index in [1.54, 1.807) is 31.2 Å². The van der Waals surface area contributed by atoms with Crippen LogP contribution in [0.3, 0.4) is 0 Å². The van der Waals surface area contributed by atoms with Gasteiger partial charge in [-0.25, -0.2) is 0 Å². The van der Waals surface area contributed by atoms with Crippen LogP contribution in [0.5, 0.6) is 0 Å². The summed E-state index contributed by atoms with van der Waals surface area (Å²) < 4.78 is 8.90. The Kier molecular flexibility index (Phi) is 9.25. The van der Waals surface area contributed by atoms with Crippen molar-refractivity contribution >= 4 is 52.3 Å². The van der Waals surface area contributed by atoms with Gasteiger partial charge < -0.3 is 26.4 Å². The summed E-state index contributed by atoms with van der Waals surface area (Å²) in [6.07, 6.45) is 0. The minimum absolute atomic E-state index is 0.0462. The van der Waals surface area contributed by atoms with Crippen LogP contribution < -0.4 is 26.6 Å². The van der Waals surface area contributed by atoms with Crippen molar-refractivity contribution in [2.24, 2.45) is 5.73 Å². The van der Waals surface area contributed by atoms with Crippen LogP contribution in [0, 0.1) is 13.8 Å². The first-order chi connectivity index (χ1) is 18.5. The monoisotopic (exact) mass is 552 g/mol. The van der Waals surface area contributed by atoms with E-state index in [1.165, 1.54) is 4.90 Å². The molecule has 0 fully saturated rings. The lowest BCUT2D eigenvalue weighted by Gasteiger charge is -2.32. The lowest BCUT2D eigenvalue weighted by Crippen LogP contribution is -2.45. The topological polar surface area (TPSA) is 161 Å². The van der Waals surface area contributed by atoms with Gasteiger partial charge in [-0.05, 0) is 73.3 Å². The number of ether oxygens (including phenoxy) is 1. The molecule has 5 N–H and O–H groups in total. The lowest BCUT2D eigenvalue weighted by molar-refractivity contribution is -0.143. The fourth-order valence-corrected chi connectivity index (χ4v) is 4.58.